The van der Waals surface area contributed by atoms with Crippen molar-refractivity contribution in [3.63, 3.8) is 0 Å². The number of hydrogen-bond donors (Lipinski definition) is 2. The summed E-state index contributed by atoms with van der Waals surface area (Å²) in [4.78, 5) is 12.2. The molecule has 1 aromatic carbocycles. The molecule has 2 aromatic rings. The van der Waals surface area contributed by atoms with E-state index < -0.39 is 6.10 Å². The van der Waals surface area contributed by atoms with Crippen molar-refractivity contribution in [3.8, 4) is 0 Å². The molecule has 0 bridgehead atoms. The zero-order valence-corrected chi connectivity index (χ0v) is 12.2. The van der Waals surface area contributed by atoms with Crippen LogP contribution in [0.15, 0.2) is 37.5 Å². The van der Waals surface area contributed by atoms with E-state index in [0.29, 0.717) is 5.16 Å². The molecule has 96 valence electrons. The number of hydrogen-bond acceptors (Lipinski definition) is 4. The molecule has 1 atom stereocenters. The van der Waals surface area contributed by atoms with Gasteiger partial charge in [0, 0.05) is 16.4 Å². The van der Waals surface area contributed by atoms with Gasteiger partial charge in [-0.05, 0) is 36.4 Å². The Hall–Kier alpha value is -1.05. The van der Waals surface area contributed by atoms with Crippen LogP contribution >= 0.6 is 27.7 Å². The molecule has 0 aliphatic heterocycles. The fourth-order valence-corrected chi connectivity index (χ4v) is 3.03. The van der Waals surface area contributed by atoms with Gasteiger partial charge in [-0.2, -0.15) is 0 Å². The molecule has 5 nitrogen and oxygen atoms in total. The van der Waals surface area contributed by atoms with Gasteiger partial charge >= 0.3 is 5.69 Å². The number of H-pyrrole nitrogens is 1. The Bertz CT molecular complexity index is 621. The molecule has 0 radical (unpaired) electrons. The van der Waals surface area contributed by atoms with Gasteiger partial charge in [-0.15, -0.1) is 5.10 Å². The Morgan fingerprint density at radius 3 is 2.83 bits per heavy atom. The predicted molar refractivity (Wildman–Crippen MR) is 72.7 cm³/mol. The lowest BCUT2D eigenvalue weighted by Gasteiger charge is -2.11. The molecule has 0 saturated heterocycles. The highest BCUT2D eigenvalue weighted by molar-refractivity contribution is 9.10. The summed E-state index contributed by atoms with van der Waals surface area (Å²) in [5, 5.41) is 16.6. The van der Waals surface area contributed by atoms with Gasteiger partial charge in [0.2, 0.25) is 0 Å². The van der Waals surface area contributed by atoms with Crippen LogP contribution in [0.3, 0.4) is 0 Å². The third-order valence-electron chi connectivity index (χ3n) is 2.47. The van der Waals surface area contributed by atoms with Crippen molar-refractivity contribution >= 4 is 27.7 Å². The first-order valence-corrected chi connectivity index (χ1v) is 6.86. The van der Waals surface area contributed by atoms with Gasteiger partial charge in [-0.1, -0.05) is 22.0 Å². The van der Waals surface area contributed by atoms with E-state index in [4.69, 9.17) is 0 Å². The Morgan fingerprint density at radius 2 is 2.28 bits per heavy atom. The van der Waals surface area contributed by atoms with E-state index >= 15 is 0 Å². The maximum Gasteiger partial charge on any atom is 0.343 e. The van der Waals surface area contributed by atoms with Crippen LogP contribution in [-0.2, 0) is 7.05 Å². The van der Waals surface area contributed by atoms with E-state index in [0.717, 1.165) is 14.9 Å². The Kier molecular flexibility index (Phi) is 3.94. The standard InChI is InChI=1S/C11H12BrN3O2S/c1-6(16)8-4-3-7(12)5-9(8)18-11-14-13-10(17)15(11)2/h3-6,16H,1-2H3,(H,13,17). The van der Waals surface area contributed by atoms with Crippen molar-refractivity contribution in [2.75, 3.05) is 0 Å². The molecule has 2 N–H and O–H groups in total. The molecular weight excluding hydrogens is 318 g/mol. The van der Waals surface area contributed by atoms with Crippen molar-refractivity contribution in [2.24, 2.45) is 7.05 Å². The largest absolute Gasteiger partial charge is 0.389 e. The summed E-state index contributed by atoms with van der Waals surface area (Å²) < 4.78 is 2.34. The minimum Gasteiger partial charge on any atom is -0.389 e. The highest BCUT2D eigenvalue weighted by atomic mass is 79.9. The lowest BCUT2D eigenvalue weighted by Crippen LogP contribution is -2.12. The van der Waals surface area contributed by atoms with Gasteiger partial charge < -0.3 is 5.11 Å². The van der Waals surface area contributed by atoms with E-state index in [1.165, 1.54) is 16.3 Å². The molecule has 7 heteroatoms. The van der Waals surface area contributed by atoms with Crippen LogP contribution in [0.5, 0.6) is 0 Å². The third-order valence-corrected chi connectivity index (χ3v) is 4.08. The highest BCUT2D eigenvalue weighted by Crippen LogP contribution is 2.33. The van der Waals surface area contributed by atoms with Crippen LogP contribution in [0.1, 0.15) is 18.6 Å². The summed E-state index contributed by atoms with van der Waals surface area (Å²) in [5.74, 6) is 0. The monoisotopic (exact) mass is 329 g/mol. The first-order valence-electron chi connectivity index (χ1n) is 5.26. The summed E-state index contributed by atoms with van der Waals surface area (Å²) in [6, 6.07) is 5.61. The quantitative estimate of drug-likeness (QED) is 0.904. The number of aromatic amines is 1. The smallest absolute Gasteiger partial charge is 0.343 e. The van der Waals surface area contributed by atoms with Gasteiger partial charge in [0.05, 0.1) is 6.10 Å². The maximum absolute atomic E-state index is 11.3. The van der Waals surface area contributed by atoms with Gasteiger partial charge in [-0.3, -0.25) is 4.57 Å². The molecule has 1 aromatic heterocycles. The molecule has 1 unspecified atom stereocenters. The molecule has 0 fully saturated rings. The van der Waals surface area contributed by atoms with Crippen molar-refractivity contribution < 1.29 is 5.11 Å². The van der Waals surface area contributed by atoms with Gasteiger partial charge in [0.15, 0.2) is 5.16 Å². The van der Waals surface area contributed by atoms with Gasteiger partial charge in [-0.25, -0.2) is 9.89 Å². The van der Waals surface area contributed by atoms with Gasteiger partial charge in [0.1, 0.15) is 0 Å². The normalized spacial score (nSPS) is 12.7. The molecule has 1 heterocycles. The summed E-state index contributed by atoms with van der Waals surface area (Å²) in [5.41, 5.74) is 0.546. The molecule has 0 aliphatic rings. The molecule has 0 spiro atoms. The average molecular weight is 330 g/mol. The van der Waals surface area contributed by atoms with E-state index in [1.807, 2.05) is 18.2 Å². The van der Waals surface area contributed by atoms with Crippen molar-refractivity contribution in [1.29, 1.82) is 0 Å². The van der Waals surface area contributed by atoms with Crippen LogP contribution in [0.25, 0.3) is 0 Å². The highest BCUT2D eigenvalue weighted by Gasteiger charge is 2.13. The number of nitrogens with zero attached hydrogens (tertiary/aromatic N) is 2. The number of benzene rings is 1. The fourth-order valence-electron chi connectivity index (χ4n) is 1.46. The molecule has 0 saturated carbocycles. The van der Waals surface area contributed by atoms with Crippen molar-refractivity contribution in [3.05, 3.63) is 38.7 Å². The Labute approximate surface area is 116 Å². The second-order valence-electron chi connectivity index (χ2n) is 3.83. The van der Waals surface area contributed by atoms with E-state index in [9.17, 15) is 9.90 Å². The van der Waals surface area contributed by atoms with E-state index in [-0.39, 0.29) is 5.69 Å². The first kappa shape index (κ1) is 13.4. The Morgan fingerprint density at radius 1 is 1.56 bits per heavy atom. The predicted octanol–water partition coefficient (Wildman–Crippen LogP) is 2.08. The number of aliphatic hydroxyl groups excluding tert-OH is 1. The van der Waals surface area contributed by atoms with E-state index in [1.54, 1.807) is 14.0 Å². The number of aromatic nitrogens is 3. The molecule has 0 amide bonds. The molecule has 0 aliphatic carbocycles. The SMILES string of the molecule is CC(O)c1ccc(Br)cc1Sc1n[nH]c(=O)n1C. The van der Waals surface area contributed by atoms with Crippen LogP contribution in [-0.4, -0.2) is 19.9 Å². The second-order valence-corrected chi connectivity index (χ2v) is 5.76. The Balaban J connectivity index is 2.42. The lowest BCUT2D eigenvalue weighted by molar-refractivity contribution is 0.196. The maximum atomic E-state index is 11.3. The molecular formula is C11H12BrN3O2S. The summed E-state index contributed by atoms with van der Waals surface area (Å²) in [6.07, 6.45) is -0.573. The minimum atomic E-state index is -0.573. The fraction of sp³-hybridized carbons (Fsp3) is 0.273. The molecule has 2 rings (SSSR count). The summed E-state index contributed by atoms with van der Waals surface area (Å²) in [6.45, 7) is 1.71. The van der Waals surface area contributed by atoms with E-state index in [2.05, 4.69) is 26.1 Å². The van der Waals surface area contributed by atoms with Crippen molar-refractivity contribution in [1.82, 2.24) is 14.8 Å². The zero-order valence-electron chi connectivity index (χ0n) is 9.85. The zero-order chi connectivity index (χ0) is 13.3. The first-order chi connectivity index (χ1) is 8.49. The van der Waals surface area contributed by atoms with Gasteiger partial charge in [0.25, 0.3) is 0 Å². The minimum absolute atomic E-state index is 0.258. The number of halogens is 1. The van der Waals surface area contributed by atoms with Crippen LogP contribution < -0.4 is 5.69 Å². The lowest BCUT2D eigenvalue weighted by atomic mass is 10.1. The summed E-state index contributed by atoms with van der Waals surface area (Å²) in [7, 11) is 1.65. The number of rotatable bonds is 3. The second kappa shape index (κ2) is 5.29. The topological polar surface area (TPSA) is 70.9 Å². The number of aliphatic hydroxyl groups is 1. The summed E-state index contributed by atoms with van der Waals surface area (Å²) >= 11 is 4.73. The van der Waals surface area contributed by atoms with Crippen LogP contribution in [0, 0.1) is 0 Å². The van der Waals surface area contributed by atoms with Crippen molar-refractivity contribution in [2.45, 2.75) is 23.1 Å². The average Bonchev–Trinajstić information content (AvgIpc) is 2.61. The van der Waals surface area contributed by atoms with Crippen LogP contribution in [0.4, 0.5) is 0 Å². The van der Waals surface area contributed by atoms with Crippen LogP contribution in [0.2, 0.25) is 0 Å². The third kappa shape index (κ3) is 2.68. The molecule has 18 heavy (non-hydrogen) atoms. The number of nitrogens with one attached hydrogen (secondary N) is 1.